The number of methoxy groups -OCH3 is 1. The van der Waals surface area contributed by atoms with Crippen LogP contribution in [0.3, 0.4) is 0 Å². The largest absolute Gasteiger partial charge is 0.494 e. The van der Waals surface area contributed by atoms with Gasteiger partial charge >= 0.3 is 6.03 Å². The molecule has 0 bridgehead atoms. The summed E-state index contributed by atoms with van der Waals surface area (Å²) in [4.78, 5) is 11.6. The predicted molar refractivity (Wildman–Crippen MR) is 75.4 cm³/mol. The fourth-order valence-corrected chi connectivity index (χ4v) is 1.59. The molecular formula is C14H21FN2O3. The maximum Gasteiger partial charge on any atom is 0.319 e. The van der Waals surface area contributed by atoms with Crippen molar-refractivity contribution in [1.82, 2.24) is 5.32 Å². The minimum Gasteiger partial charge on any atom is -0.494 e. The van der Waals surface area contributed by atoms with Gasteiger partial charge in [0, 0.05) is 18.3 Å². The van der Waals surface area contributed by atoms with Gasteiger partial charge in [-0.2, -0.15) is 0 Å². The van der Waals surface area contributed by atoms with Gasteiger partial charge in [-0.1, -0.05) is 13.8 Å². The Morgan fingerprint density at radius 1 is 1.45 bits per heavy atom. The first-order chi connectivity index (χ1) is 9.43. The number of nitrogens with one attached hydrogen (secondary N) is 2. The van der Waals surface area contributed by atoms with Crippen LogP contribution in [0.2, 0.25) is 0 Å². The van der Waals surface area contributed by atoms with Gasteiger partial charge in [0.25, 0.3) is 0 Å². The molecule has 0 aromatic heterocycles. The number of hydrogen-bond acceptors (Lipinski definition) is 3. The fourth-order valence-electron chi connectivity index (χ4n) is 1.59. The van der Waals surface area contributed by atoms with Crippen molar-refractivity contribution in [3.8, 4) is 5.75 Å². The smallest absolute Gasteiger partial charge is 0.319 e. The van der Waals surface area contributed by atoms with Crippen molar-refractivity contribution in [2.24, 2.45) is 5.92 Å². The van der Waals surface area contributed by atoms with Gasteiger partial charge in [-0.25, -0.2) is 9.18 Å². The second-order valence-corrected chi connectivity index (χ2v) is 4.83. The Bertz CT molecular complexity index is 452. The Morgan fingerprint density at radius 3 is 2.70 bits per heavy atom. The summed E-state index contributed by atoms with van der Waals surface area (Å²) in [6, 6.07) is 3.73. The van der Waals surface area contributed by atoms with Gasteiger partial charge in [-0.05, 0) is 24.5 Å². The number of benzene rings is 1. The zero-order chi connectivity index (χ0) is 15.1. The summed E-state index contributed by atoms with van der Waals surface area (Å²) in [6.45, 7) is 4.17. The monoisotopic (exact) mass is 284 g/mol. The molecule has 6 heteroatoms. The van der Waals surface area contributed by atoms with Gasteiger partial charge in [0.2, 0.25) is 0 Å². The first kappa shape index (κ1) is 16.2. The van der Waals surface area contributed by atoms with Crippen LogP contribution in [0.1, 0.15) is 20.3 Å². The van der Waals surface area contributed by atoms with Crippen molar-refractivity contribution in [1.29, 1.82) is 0 Å². The molecule has 1 aromatic carbocycles. The van der Waals surface area contributed by atoms with Crippen molar-refractivity contribution in [3.63, 3.8) is 0 Å². The average Bonchev–Trinajstić information content (AvgIpc) is 2.38. The highest BCUT2D eigenvalue weighted by molar-refractivity contribution is 5.89. The van der Waals surface area contributed by atoms with E-state index in [0.29, 0.717) is 18.7 Å². The van der Waals surface area contributed by atoms with Gasteiger partial charge < -0.3 is 20.5 Å². The normalized spacial score (nSPS) is 12.1. The molecule has 1 rings (SSSR count). The molecule has 2 amide bonds. The molecule has 1 aromatic rings. The number of hydrogen-bond donors (Lipinski definition) is 3. The number of rotatable bonds is 6. The standard InChI is InChI=1S/C14H21FN2O3/c1-9(2)12(18)6-7-16-14(19)17-10-4-5-13(20-3)11(15)8-10/h4-5,8-9,12,18H,6-7H2,1-3H3,(H2,16,17,19). The number of carbonyl (C=O) groups is 1. The molecule has 112 valence electrons. The molecule has 0 spiro atoms. The Balaban J connectivity index is 2.41. The summed E-state index contributed by atoms with van der Waals surface area (Å²) in [7, 11) is 1.37. The molecule has 20 heavy (non-hydrogen) atoms. The molecule has 3 N–H and O–H groups in total. The molecular weight excluding hydrogens is 263 g/mol. The van der Waals surface area contributed by atoms with E-state index >= 15 is 0 Å². The van der Waals surface area contributed by atoms with Crippen LogP contribution in [-0.4, -0.2) is 30.9 Å². The van der Waals surface area contributed by atoms with Crippen molar-refractivity contribution in [2.45, 2.75) is 26.4 Å². The molecule has 0 aliphatic rings. The van der Waals surface area contributed by atoms with Gasteiger partial charge in [0.05, 0.1) is 13.2 Å². The quantitative estimate of drug-likeness (QED) is 0.751. The minimum absolute atomic E-state index is 0.121. The SMILES string of the molecule is COc1ccc(NC(=O)NCCC(O)C(C)C)cc1F. The van der Waals surface area contributed by atoms with Crippen LogP contribution in [0.15, 0.2) is 18.2 Å². The topological polar surface area (TPSA) is 70.6 Å². The first-order valence-electron chi connectivity index (χ1n) is 6.50. The van der Waals surface area contributed by atoms with Crippen LogP contribution in [0.25, 0.3) is 0 Å². The summed E-state index contributed by atoms with van der Waals surface area (Å²) < 4.78 is 18.2. The van der Waals surface area contributed by atoms with Crippen LogP contribution < -0.4 is 15.4 Å². The molecule has 1 unspecified atom stereocenters. The summed E-state index contributed by atoms with van der Waals surface area (Å²) in [5.41, 5.74) is 0.338. The lowest BCUT2D eigenvalue weighted by Crippen LogP contribution is -2.32. The van der Waals surface area contributed by atoms with Gasteiger partial charge in [-0.15, -0.1) is 0 Å². The molecule has 0 saturated carbocycles. The predicted octanol–water partition coefficient (Wildman–Crippen LogP) is 2.36. The highest BCUT2D eigenvalue weighted by Gasteiger charge is 2.10. The summed E-state index contributed by atoms with van der Waals surface area (Å²) >= 11 is 0. The highest BCUT2D eigenvalue weighted by atomic mass is 19.1. The zero-order valence-corrected chi connectivity index (χ0v) is 11.9. The lowest BCUT2D eigenvalue weighted by atomic mass is 10.0. The van der Waals surface area contributed by atoms with Crippen LogP contribution in [0, 0.1) is 11.7 Å². The van der Waals surface area contributed by atoms with Gasteiger partial charge in [0.1, 0.15) is 0 Å². The highest BCUT2D eigenvalue weighted by Crippen LogP contribution is 2.20. The zero-order valence-electron chi connectivity index (χ0n) is 11.9. The summed E-state index contributed by atoms with van der Waals surface area (Å²) in [5.74, 6) is -0.271. The second-order valence-electron chi connectivity index (χ2n) is 4.83. The third kappa shape index (κ3) is 5.05. The fraction of sp³-hybridized carbons (Fsp3) is 0.500. The number of carbonyl (C=O) groups excluding carboxylic acids is 1. The van der Waals surface area contributed by atoms with E-state index in [1.165, 1.54) is 19.2 Å². The second kappa shape index (κ2) is 7.69. The molecule has 0 radical (unpaired) electrons. The number of anilines is 1. The number of ether oxygens (including phenoxy) is 1. The molecule has 0 aliphatic heterocycles. The molecule has 0 aliphatic carbocycles. The first-order valence-corrected chi connectivity index (χ1v) is 6.50. The van der Waals surface area contributed by atoms with E-state index in [0.717, 1.165) is 0 Å². The van der Waals surface area contributed by atoms with Crippen LogP contribution in [-0.2, 0) is 0 Å². The third-order valence-corrected chi connectivity index (χ3v) is 2.90. The molecule has 0 fully saturated rings. The van der Waals surface area contributed by atoms with Crippen LogP contribution in [0.4, 0.5) is 14.9 Å². The van der Waals surface area contributed by atoms with Crippen LogP contribution in [0.5, 0.6) is 5.75 Å². The van der Waals surface area contributed by atoms with Crippen molar-refractivity contribution in [2.75, 3.05) is 19.0 Å². The van der Waals surface area contributed by atoms with Crippen molar-refractivity contribution >= 4 is 11.7 Å². The molecule has 1 atom stereocenters. The van der Waals surface area contributed by atoms with E-state index in [1.807, 2.05) is 13.8 Å². The molecule has 0 saturated heterocycles. The van der Waals surface area contributed by atoms with E-state index in [-0.39, 0.29) is 11.7 Å². The number of halogens is 1. The lowest BCUT2D eigenvalue weighted by molar-refractivity contribution is 0.117. The van der Waals surface area contributed by atoms with E-state index in [9.17, 15) is 14.3 Å². The van der Waals surface area contributed by atoms with Gasteiger partial charge in [-0.3, -0.25) is 0 Å². The van der Waals surface area contributed by atoms with E-state index in [2.05, 4.69) is 10.6 Å². The number of aliphatic hydroxyl groups is 1. The Morgan fingerprint density at radius 2 is 2.15 bits per heavy atom. The lowest BCUT2D eigenvalue weighted by Gasteiger charge is -2.14. The summed E-state index contributed by atoms with van der Waals surface area (Å²) in [5, 5.41) is 14.7. The maximum atomic E-state index is 13.4. The van der Waals surface area contributed by atoms with E-state index in [4.69, 9.17) is 4.74 Å². The number of urea groups is 1. The van der Waals surface area contributed by atoms with Crippen molar-refractivity contribution in [3.05, 3.63) is 24.0 Å². The molecule has 0 heterocycles. The number of aliphatic hydroxyl groups excluding tert-OH is 1. The van der Waals surface area contributed by atoms with E-state index < -0.39 is 18.0 Å². The average molecular weight is 284 g/mol. The Hall–Kier alpha value is -1.82. The third-order valence-electron chi connectivity index (χ3n) is 2.90. The molecule has 5 nitrogen and oxygen atoms in total. The Labute approximate surface area is 118 Å². The van der Waals surface area contributed by atoms with E-state index in [1.54, 1.807) is 6.07 Å². The Kier molecular flexibility index (Phi) is 6.24. The minimum atomic E-state index is -0.541. The van der Waals surface area contributed by atoms with Crippen LogP contribution >= 0.6 is 0 Å². The van der Waals surface area contributed by atoms with Gasteiger partial charge in [0.15, 0.2) is 11.6 Å². The van der Waals surface area contributed by atoms with Crippen molar-refractivity contribution < 1.29 is 19.0 Å². The summed E-state index contributed by atoms with van der Waals surface area (Å²) in [6.07, 6.45) is 0.0240. The maximum absolute atomic E-state index is 13.4. The number of amides is 2.